The Bertz CT molecular complexity index is 577. The van der Waals surface area contributed by atoms with Crippen molar-refractivity contribution in [2.75, 3.05) is 13.7 Å². The van der Waals surface area contributed by atoms with Crippen molar-refractivity contribution >= 4 is 16.9 Å². The molecule has 1 aromatic heterocycles. The Hall–Kier alpha value is -2.01. The van der Waals surface area contributed by atoms with E-state index in [1.54, 1.807) is 14.0 Å². The van der Waals surface area contributed by atoms with Gasteiger partial charge in [-0.25, -0.2) is 0 Å². The fourth-order valence-corrected chi connectivity index (χ4v) is 2.02. The van der Waals surface area contributed by atoms with Crippen LogP contribution in [0.3, 0.4) is 0 Å². The summed E-state index contributed by atoms with van der Waals surface area (Å²) in [6, 6.07) is 5.10. The molecule has 0 fully saturated rings. The lowest BCUT2D eigenvalue weighted by Crippen LogP contribution is -2.34. The Labute approximate surface area is 111 Å². The summed E-state index contributed by atoms with van der Waals surface area (Å²) in [5.74, 6) is 0.401. The van der Waals surface area contributed by atoms with Crippen molar-refractivity contribution in [3.63, 3.8) is 0 Å². The molecule has 5 heteroatoms. The number of hydrogen-bond donors (Lipinski definition) is 2. The van der Waals surface area contributed by atoms with Gasteiger partial charge in [-0.3, -0.25) is 4.79 Å². The minimum atomic E-state index is -0.648. The molecule has 0 bridgehead atoms. The molecule has 0 aliphatic rings. The van der Waals surface area contributed by atoms with Gasteiger partial charge in [-0.2, -0.15) is 0 Å². The lowest BCUT2D eigenvalue weighted by atomic mass is 10.1. The van der Waals surface area contributed by atoms with Crippen LogP contribution >= 0.6 is 0 Å². The zero-order chi connectivity index (χ0) is 13.8. The van der Waals surface area contributed by atoms with E-state index in [9.17, 15) is 4.79 Å². The minimum absolute atomic E-state index is 0.342. The number of H-pyrrole nitrogens is 1. The van der Waals surface area contributed by atoms with Crippen LogP contribution in [0.25, 0.3) is 10.9 Å². The molecule has 0 saturated carbocycles. The first-order valence-corrected chi connectivity index (χ1v) is 6.22. The second-order valence-corrected chi connectivity index (χ2v) is 4.29. The maximum Gasteiger partial charge on any atom is 0.323 e. The number of fused-ring (bicyclic) bond motifs is 1. The van der Waals surface area contributed by atoms with E-state index < -0.39 is 6.04 Å². The number of nitrogens with two attached hydrogens (primary N) is 1. The number of aromatic amines is 1. The van der Waals surface area contributed by atoms with Crippen molar-refractivity contribution in [1.82, 2.24) is 4.98 Å². The molecule has 0 unspecified atom stereocenters. The monoisotopic (exact) mass is 262 g/mol. The highest BCUT2D eigenvalue weighted by atomic mass is 16.5. The number of carbonyl (C=O) groups is 1. The average molecular weight is 262 g/mol. The normalized spacial score (nSPS) is 12.4. The van der Waals surface area contributed by atoms with Gasteiger partial charge >= 0.3 is 5.97 Å². The Kier molecular flexibility index (Phi) is 4.06. The molecular formula is C14H18N2O3. The van der Waals surface area contributed by atoms with E-state index in [4.69, 9.17) is 15.2 Å². The van der Waals surface area contributed by atoms with Crippen LogP contribution in [0.15, 0.2) is 24.4 Å². The molecule has 2 rings (SSSR count). The topological polar surface area (TPSA) is 77.3 Å². The third kappa shape index (κ3) is 2.88. The summed E-state index contributed by atoms with van der Waals surface area (Å²) in [6.07, 6.45) is 2.30. The van der Waals surface area contributed by atoms with E-state index in [1.807, 2.05) is 24.4 Å². The van der Waals surface area contributed by atoms with Crippen molar-refractivity contribution in [2.45, 2.75) is 19.4 Å². The summed E-state index contributed by atoms with van der Waals surface area (Å²) in [5, 5.41) is 1.01. The number of esters is 1. The molecule has 1 atom stereocenters. The van der Waals surface area contributed by atoms with Gasteiger partial charge in [-0.05, 0) is 30.7 Å². The molecule has 0 amide bonds. The van der Waals surface area contributed by atoms with Gasteiger partial charge in [0, 0.05) is 23.5 Å². The molecule has 1 aromatic carbocycles. The minimum Gasteiger partial charge on any atom is -0.497 e. The van der Waals surface area contributed by atoms with Crippen LogP contribution in [0.5, 0.6) is 5.75 Å². The molecule has 0 spiro atoms. The number of carbonyl (C=O) groups excluding carboxylic acids is 1. The number of aromatic nitrogens is 1. The van der Waals surface area contributed by atoms with Gasteiger partial charge in [-0.15, -0.1) is 0 Å². The molecule has 0 radical (unpaired) electrons. The molecule has 1 heterocycles. The van der Waals surface area contributed by atoms with E-state index in [0.717, 1.165) is 22.2 Å². The van der Waals surface area contributed by atoms with E-state index in [1.165, 1.54) is 0 Å². The fraction of sp³-hybridized carbons (Fsp3) is 0.357. The highest BCUT2D eigenvalue weighted by molar-refractivity contribution is 5.85. The third-order valence-corrected chi connectivity index (χ3v) is 3.00. The van der Waals surface area contributed by atoms with Gasteiger partial charge in [0.15, 0.2) is 0 Å². The summed E-state index contributed by atoms with van der Waals surface area (Å²) >= 11 is 0. The fourth-order valence-electron chi connectivity index (χ4n) is 2.02. The number of methoxy groups -OCH3 is 1. The van der Waals surface area contributed by atoms with E-state index in [-0.39, 0.29) is 5.97 Å². The molecule has 102 valence electrons. The summed E-state index contributed by atoms with van der Waals surface area (Å²) < 4.78 is 10.1. The second kappa shape index (κ2) is 5.75. The van der Waals surface area contributed by atoms with Crippen molar-refractivity contribution < 1.29 is 14.3 Å². The molecule has 0 saturated heterocycles. The Morgan fingerprint density at radius 1 is 1.47 bits per heavy atom. The lowest BCUT2D eigenvalue weighted by molar-refractivity contribution is -0.144. The lowest BCUT2D eigenvalue weighted by Gasteiger charge is -2.09. The molecule has 5 nitrogen and oxygen atoms in total. The number of rotatable bonds is 5. The Morgan fingerprint density at radius 2 is 2.26 bits per heavy atom. The SMILES string of the molecule is CCOC(=O)[C@@H](N)Cc1c[nH]c2ccc(OC)cc12. The van der Waals surface area contributed by atoms with Crippen molar-refractivity contribution in [2.24, 2.45) is 5.73 Å². The summed E-state index contributed by atoms with van der Waals surface area (Å²) in [5.41, 5.74) is 7.81. The smallest absolute Gasteiger partial charge is 0.323 e. The largest absolute Gasteiger partial charge is 0.497 e. The number of ether oxygens (including phenoxy) is 2. The van der Waals surface area contributed by atoms with Gasteiger partial charge in [0.05, 0.1) is 13.7 Å². The van der Waals surface area contributed by atoms with Gasteiger partial charge in [0.2, 0.25) is 0 Å². The second-order valence-electron chi connectivity index (χ2n) is 4.29. The molecule has 0 aliphatic heterocycles. The van der Waals surface area contributed by atoms with E-state index in [0.29, 0.717) is 13.0 Å². The number of benzene rings is 1. The molecule has 0 aliphatic carbocycles. The standard InChI is InChI=1S/C14H18N2O3/c1-3-19-14(17)12(15)6-9-8-16-13-5-4-10(18-2)7-11(9)13/h4-5,7-8,12,16H,3,6,15H2,1-2H3/t12-/m0/s1. The quantitative estimate of drug-likeness (QED) is 0.802. The van der Waals surface area contributed by atoms with E-state index >= 15 is 0 Å². The van der Waals surface area contributed by atoms with Crippen molar-refractivity contribution in [3.8, 4) is 5.75 Å². The maximum absolute atomic E-state index is 11.5. The van der Waals surface area contributed by atoms with E-state index in [2.05, 4.69) is 4.98 Å². The van der Waals surface area contributed by atoms with Crippen LogP contribution in [0.4, 0.5) is 0 Å². The van der Waals surface area contributed by atoms with Gasteiger partial charge in [-0.1, -0.05) is 0 Å². The molecule has 19 heavy (non-hydrogen) atoms. The van der Waals surface area contributed by atoms with Gasteiger partial charge in [0.25, 0.3) is 0 Å². The molecular weight excluding hydrogens is 244 g/mol. The number of hydrogen-bond acceptors (Lipinski definition) is 4. The molecule has 2 aromatic rings. The summed E-state index contributed by atoms with van der Waals surface area (Å²) in [7, 11) is 1.62. The van der Waals surface area contributed by atoms with Crippen molar-refractivity contribution in [3.05, 3.63) is 30.0 Å². The highest BCUT2D eigenvalue weighted by Crippen LogP contribution is 2.24. The average Bonchev–Trinajstić information content (AvgIpc) is 2.81. The molecule has 3 N–H and O–H groups in total. The number of nitrogens with one attached hydrogen (secondary N) is 1. The van der Waals surface area contributed by atoms with Crippen LogP contribution in [0.2, 0.25) is 0 Å². The predicted octanol–water partition coefficient (Wildman–Crippen LogP) is 1.61. The summed E-state index contributed by atoms with van der Waals surface area (Å²) in [4.78, 5) is 14.7. The zero-order valence-electron chi connectivity index (χ0n) is 11.1. The zero-order valence-corrected chi connectivity index (χ0v) is 11.1. The van der Waals surface area contributed by atoms with Gasteiger partial charge < -0.3 is 20.2 Å². The maximum atomic E-state index is 11.5. The first-order valence-electron chi connectivity index (χ1n) is 6.22. The first kappa shape index (κ1) is 13.4. The van der Waals surface area contributed by atoms with Crippen LogP contribution in [-0.2, 0) is 16.0 Å². The van der Waals surface area contributed by atoms with Gasteiger partial charge in [0.1, 0.15) is 11.8 Å². The van der Waals surface area contributed by atoms with Crippen LogP contribution in [0.1, 0.15) is 12.5 Å². The predicted molar refractivity (Wildman–Crippen MR) is 73.2 cm³/mol. The van der Waals surface area contributed by atoms with Crippen LogP contribution < -0.4 is 10.5 Å². The summed E-state index contributed by atoms with van der Waals surface area (Å²) in [6.45, 7) is 2.11. The Balaban J connectivity index is 2.22. The van der Waals surface area contributed by atoms with Crippen LogP contribution in [0, 0.1) is 0 Å². The van der Waals surface area contributed by atoms with Crippen LogP contribution in [-0.4, -0.2) is 30.7 Å². The van der Waals surface area contributed by atoms with Crippen molar-refractivity contribution in [1.29, 1.82) is 0 Å². The first-order chi connectivity index (χ1) is 9.15. The Morgan fingerprint density at radius 3 is 2.95 bits per heavy atom. The third-order valence-electron chi connectivity index (χ3n) is 3.00. The highest BCUT2D eigenvalue weighted by Gasteiger charge is 2.17.